The van der Waals surface area contributed by atoms with E-state index in [-0.39, 0.29) is 18.3 Å². The van der Waals surface area contributed by atoms with Gasteiger partial charge in [0, 0.05) is 18.0 Å². The fraction of sp³-hybridized carbons (Fsp3) is 0.667. The minimum Gasteiger partial charge on any atom is -0.460 e. The second kappa shape index (κ2) is 9.25. The van der Waals surface area contributed by atoms with Gasteiger partial charge in [0.2, 0.25) is 0 Å². The van der Waals surface area contributed by atoms with Crippen LogP contribution < -0.4 is 0 Å². The first-order chi connectivity index (χ1) is 12.2. The molecule has 26 heavy (non-hydrogen) atoms. The molecule has 1 aromatic rings. The fourth-order valence-corrected chi connectivity index (χ4v) is 4.25. The van der Waals surface area contributed by atoms with Crippen LogP contribution in [0.15, 0.2) is 23.1 Å². The Morgan fingerprint density at radius 3 is 2.62 bits per heavy atom. The number of aliphatic hydroxyl groups excluding tert-OH is 1. The number of hydrogen-bond acceptors (Lipinski definition) is 5. The van der Waals surface area contributed by atoms with E-state index in [2.05, 4.69) is 36.4 Å². The lowest BCUT2D eigenvalue weighted by Crippen LogP contribution is -2.32. The van der Waals surface area contributed by atoms with Gasteiger partial charge in [-0.05, 0) is 81.2 Å². The maximum atomic E-state index is 12.0. The highest BCUT2D eigenvalue weighted by Gasteiger charge is 2.28. The first-order valence-corrected chi connectivity index (χ1v) is 10.4. The second-order valence-corrected chi connectivity index (χ2v) is 9.17. The summed E-state index contributed by atoms with van der Waals surface area (Å²) >= 11 is 1.81. The summed E-state index contributed by atoms with van der Waals surface area (Å²) in [5.41, 5.74) is 2.17. The molecule has 0 heterocycles. The monoisotopic (exact) mass is 379 g/mol. The van der Waals surface area contributed by atoms with Crippen LogP contribution in [-0.2, 0) is 22.4 Å². The molecule has 0 saturated heterocycles. The first-order valence-electron chi connectivity index (χ1n) is 9.66. The number of aryl methyl sites for hydroxylation is 1. The average Bonchev–Trinajstić information content (AvgIpc) is 2.57. The Morgan fingerprint density at radius 2 is 2.00 bits per heavy atom. The summed E-state index contributed by atoms with van der Waals surface area (Å²) in [5, 5.41) is 10.5. The normalized spacial score (nSPS) is 18.5. The largest absolute Gasteiger partial charge is 0.460 e. The highest BCUT2D eigenvalue weighted by atomic mass is 32.2. The average molecular weight is 380 g/mol. The van der Waals surface area contributed by atoms with E-state index in [1.165, 1.54) is 16.0 Å². The van der Waals surface area contributed by atoms with Gasteiger partial charge in [-0.1, -0.05) is 19.9 Å². The van der Waals surface area contributed by atoms with Crippen LogP contribution in [0.3, 0.4) is 0 Å². The molecule has 0 aromatic heterocycles. The smallest absolute Gasteiger partial charge is 0.308 e. The summed E-state index contributed by atoms with van der Waals surface area (Å²) in [5.74, 6) is -0.196. The Labute approximate surface area is 162 Å². The third-order valence-corrected chi connectivity index (χ3v) is 5.96. The number of nitrogens with zero attached hydrogens (tertiary/aromatic N) is 1. The van der Waals surface area contributed by atoms with Crippen molar-refractivity contribution in [2.24, 2.45) is 5.92 Å². The zero-order valence-electron chi connectivity index (χ0n) is 16.7. The van der Waals surface area contributed by atoms with Crippen LogP contribution in [0.1, 0.15) is 58.6 Å². The van der Waals surface area contributed by atoms with Crippen LogP contribution in [0.25, 0.3) is 0 Å². The molecule has 1 N–H and O–H groups in total. The highest BCUT2D eigenvalue weighted by Crippen LogP contribution is 2.32. The number of carbonyl (C=O) groups excluding carboxylic acids is 1. The summed E-state index contributed by atoms with van der Waals surface area (Å²) in [4.78, 5) is 13.2. The van der Waals surface area contributed by atoms with Gasteiger partial charge in [0.25, 0.3) is 0 Å². The summed E-state index contributed by atoms with van der Waals surface area (Å²) in [7, 11) is 0. The summed E-state index contributed by atoms with van der Waals surface area (Å²) in [6.45, 7) is 11.9. The standard InChI is InChI=1S/C21H33NO3S/c1-6-22(7-2)26-18-11-10-15-12-17(9-8-16(15)13-18)19(23)14-20(24)25-21(3,4)5/h10-11,13,17,19,23H,6-9,12,14H2,1-5H3. The van der Waals surface area contributed by atoms with Crippen molar-refractivity contribution in [3.63, 3.8) is 0 Å². The van der Waals surface area contributed by atoms with Crippen molar-refractivity contribution in [3.8, 4) is 0 Å². The van der Waals surface area contributed by atoms with E-state index >= 15 is 0 Å². The molecule has 0 amide bonds. The molecular weight excluding hydrogens is 346 g/mol. The van der Waals surface area contributed by atoms with Gasteiger partial charge < -0.3 is 9.84 Å². The third-order valence-electron chi connectivity index (χ3n) is 4.72. The quantitative estimate of drug-likeness (QED) is 0.567. The molecule has 1 aliphatic rings. The van der Waals surface area contributed by atoms with Gasteiger partial charge in [-0.25, -0.2) is 4.31 Å². The SMILES string of the molecule is CCN(CC)Sc1ccc2c(c1)CCC(C(O)CC(=O)OC(C)(C)C)C2. The number of aliphatic hydroxyl groups is 1. The number of benzene rings is 1. The molecule has 0 fully saturated rings. The third kappa shape index (κ3) is 6.29. The molecule has 0 radical (unpaired) electrons. The Kier molecular flexibility index (Phi) is 7.56. The van der Waals surface area contributed by atoms with Crippen LogP contribution in [0.5, 0.6) is 0 Å². The van der Waals surface area contributed by atoms with Crippen molar-refractivity contribution in [2.45, 2.75) is 76.9 Å². The van der Waals surface area contributed by atoms with Crippen LogP contribution in [0.4, 0.5) is 0 Å². The van der Waals surface area contributed by atoms with E-state index < -0.39 is 11.7 Å². The molecule has 4 nitrogen and oxygen atoms in total. The Morgan fingerprint density at radius 1 is 1.31 bits per heavy atom. The maximum Gasteiger partial charge on any atom is 0.308 e. The van der Waals surface area contributed by atoms with Gasteiger partial charge in [-0.2, -0.15) is 0 Å². The van der Waals surface area contributed by atoms with Crippen LogP contribution in [0.2, 0.25) is 0 Å². The molecule has 2 unspecified atom stereocenters. The van der Waals surface area contributed by atoms with Gasteiger partial charge in [0.05, 0.1) is 12.5 Å². The summed E-state index contributed by atoms with van der Waals surface area (Å²) < 4.78 is 7.67. The van der Waals surface area contributed by atoms with Gasteiger partial charge in [-0.15, -0.1) is 0 Å². The fourth-order valence-electron chi connectivity index (χ4n) is 3.37. The van der Waals surface area contributed by atoms with E-state index in [4.69, 9.17) is 4.74 Å². The number of carbonyl (C=O) groups is 1. The lowest BCUT2D eigenvalue weighted by atomic mass is 9.80. The van der Waals surface area contributed by atoms with E-state index in [1.54, 1.807) is 11.9 Å². The molecule has 5 heteroatoms. The van der Waals surface area contributed by atoms with Crippen molar-refractivity contribution in [1.29, 1.82) is 0 Å². The first kappa shape index (κ1) is 21.3. The summed E-state index contributed by atoms with van der Waals surface area (Å²) in [6, 6.07) is 6.65. The Hall–Kier alpha value is -1.04. The Balaban J connectivity index is 1.95. The van der Waals surface area contributed by atoms with Gasteiger partial charge >= 0.3 is 5.97 Å². The predicted octanol–water partition coefficient (Wildman–Crippen LogP) is 4.23. The topological polar surface area (TPSA) is 49.8 Å². The molecule has 2 rings (SSSR count). The number of esters is 1. The van der Waals surface area contributed by atoms with Crippen LogP contribution >= 0.6 is 11.9 Å². The lowest BCUT2D eigenvalue weighted by molar-refractivity contribution is -0.157. The van der Waals surface area contributed by atoms with Crippen molar-refractivity contribution >= 4 is 17.9 Å². The molecule has 0 spiro atoms. The molecule has 0 bridgehead atoms. The number of ether oxygens (including phenoxy) is 1. The molecule has 146 valence electrons. The van der Waals surface area contributed by atoms with Crippen molar-refractivity contribution in [1.82, 2.24) is 4.31 Å². The van der Waals surface area contributed by atoms with Crippen molar-refractivity contribution in [2.75, 3.05) is 13.1 Å². The lowest BCUT2D eigenvalue weighted by Gasteiger charge is -2.29. The molecular formula is C21H33NO3S. The van der Waals surface area contributed by atoms with Crippen LogP contribution in [-0.4, -0.2) is 40.2 Å². The minimum atomic E-state index is -0.636. The molecule has 0 aliphatic heterocycles. The van der Waals surface area contributed by atoms with Gasteiger partial charge in [-0.3, -0.25) is 4.79 Å². The minimum absolute atomic E-state index is 0.0766. The van der Waals surface area contributed by atoms with E-state index in [0.29, 0.717) is 0 Å². The van der Waals surface area contributed by atoms with Gasteiger partial charge in [0.15, 0.2) is 0 Å². The van der Waals surface area contributed by atoms with E-state index in [1.807, 2.05) is 20.8 Å². The number of hydrogen-bond donors (Lipinski definition) is 1. The maximum absolute atomic E-state index is 12.0. The molecule has 1 aromatic carbocycles. The zero-order chi connectivity index (χ0) is 19.3. The van der Waals surface area contributed by atoms with Crippen LogP contribution in [0, 0.1) is 5.92 Å². The molecule has 0 saturated carbocycles. The summed E-state index contributed by atoms with van der Waals surface area (Å²) in [6.07, 6.45) is 2.14. The van der Waals surface area contributed by atoms with E-state index in [9.17, 15) is 9.90 Å². The molecule has 1 aliphatic carbocycles. The van der Waals surface area contributed by atoms with Gasteiger partial charge in [0.1, 0.15) is 5.60 Å². The Bertz CT molecular complexity index is 608. The van der Waals surface area contributed by atoms with Crippen molar-refractivity contribution in [3.05, 3.63) is 29.3 Å². The van der Waals surface area contributed by atoms with E-state index in [0.717, 1.165) is 32.4 Å². The molecule has 2 atom stereocenters. The second-order valence-electron chi connectivity index (χ2n) is 8.00. The number of fused-ring (bicyclic) bond motifs is 1. The predicted molar refractivity (Wildman–Crippen MR) is 107 cm³/mol. The highest BCUT2D eigenvalue weighted by molar-refractivity contribution is 7.97. The number of rotatable bonds is 7. The van der Waals surface area contributed by atoms with Crippen molar-refractivity contribution < 1.29 is 14.6 Å². The zero-order valence-corrected chi connectivity index (χ0v) is 17.6.